The number of nitrogens with one attached hydrogen (secondary N) is 2. The molecule has 1 amide bonds. The molecule has 2 N–H and O–H groups in total. The number of fused-ring (bicyclic) bond motifs is 1. The minimum Gasteiger partial charge on any atom is -0.366 e. The van der Waals surface area contributed by atoms with Crippen LogP contribution in [0.1, 0.15) is 31.4 Å². The fourth-order valence-corrected chi connectivity index (χ4v) is 3.71. The standard InChI is InChI=1S/C18H26N2O2/c1-18(2,20-17(21)16-12-19-7-8-22-16)11-13-9-14-5-3-4-6-15(14)10-13/h3-6,13,16,19H,7-12H2,1-2H3,(H,20,21)/t16-/m1/s1. The van der Waals surface area contributed by atoms with Crippen LogP contribution in [0.5, 0.6) is 0 Å². The van der Waals surface area contributed by atoms with Gasteiger partial charge in [0.15, 0.2) is 0 Å². The summed E-state index contributed by atoms with van der Waals surface area (Å²) in [5.74, 6) is 0.616. The Balaban J connectivity index is 1.54. The average Bonchev–Trinajstić information content (AvgIpc) is 2.88. The van der Waals surface area contributed by atoms with E-state index in [9.17, 15) is 4.79 Å². The van der Waals surface area contributed by atoms with Crippen LogP contribution >= 0.6 is 0 Å². The van der Waals surface area contributed by atoms with Gasteiger partial charge in [-0.15, -0.1) is 0 Å². The summed E-state index contributed by atoms with van der Waals surface area (Å²) in [4.78, 5) is 12.3. The van der Waals surface area contributed by atoms with E-state index in [1.54, 1.807) is 0 Å². The number of hydrogen-bond acceptors (Lipinski definition) is 3. The summed E-state index contributed by atoms with van der Waals surface area (Å²) in [6, 6.07) is 8.67. The molecular formula is C18H26N2O2. The van der Waals surface area contributed by atoms with Crippen molar-refractivity contribution >= 4 is 5.91 Å². The topological polar surface area (TPSA) is 50.4 Å². The number of amides is 1. The van der Waals surface area contributed by atoms with Crippen LogP contribution in [-0.2, 0) is 22.4 Å². The summed E-state index contributed by atoms with van der Waals surface area (Å²) in [5.41, 5.74) is 2.73. The van der Waals surface area contributed by atoms with Crippen molar-refractivity contribution in [2.75, 3.05) is 19.7 Å². The molecule has 0 spiro atoms. The first-order valence-corrected chi connectivity index (χ1v) is 8.25. The lowest BCUT2D eigenvalue weighted by molar-refractivity contribution is -0.136. The molecule has 0 bridgehead atoms. The molecule has 1 saturated heterocycles. The molecule has 0 radical (unpaired) electrons. The van der Waals surface area contributed by atoms with Gasteiger partial charge in [0.1, 0.15) is 6.10 Å². The van der Waals surface area contributed by atoms with Crippen molar-refractivity contribution < 1.29 is 9.53 Å². The summed E-state index contributed by atoms with van der Waals surface area (Å²) in [6.45, 7) is 6.27. The van der Waals surface area contributed by atoms with Gasteiger partial charge < -0.3 is 15.4 Å². The predicted molar refractivity (Wildman–Crippen MR) is 86.8 cm³/mol. The van der Waals surface area contributed by atoms with Gasteiger partial charge in [-0.2, -0.15) is 0 Å². The van der Waals surface area contributed by atoms with E-state index in [1.165, 1.54) is 11.1 Å². The summed E-state index contributed by atoms with van der Waals surface area (Å²) in [7, 11) is 0. The third kappa shape index (κ3) is 3.68. The van der Waals surface area contributed by atoms with Gasteiger partial charge in [0.2, 0.25) is 0 Å². The number of carbonyl (C=O) groups is 1. The second kappa shape index (κ2) is 6.39. The Kier molecular flexibility index (Phi) is 4.50. The van der Waals surface area contributed by atoms with Crippen molar-refractivity contribution in [2.45, 2.75) is 44.8 Å². The monoisotopic (exact) mass is 302 g/mol. The maximum Gasteiger partial charge on any atom is 0.250 e. The Hall–Kier alpha value is -1.39. The van der Waals surface area contributed by atoms with Gasteiger partial charge in [-0.3, -0.25) is 4.79 Å². The zero-order valence-electron chi connectivity index (χ0n) is 13.5. The van der Waals surface area contributed by atoms with Crippen LogP contribution < -0.4 is 10.6 Å². The molecule has 2 aliphatic rings. The van der Waals surface area contributed by atoms with Crippen LogP contribution in [0.3, 0.4) is 0 Å². The summed E-state index contributed by atoms with van der Waals surface area (Å²) < 4.78 is 5.53. The number of ether oxygens (including phenoxy) is 1. The van der Waals surface area contributed by atoms with Crippen LogP contribution in [0.25, 0.3) is 0 Å². The largest absolute Gasteiger partial charge is 0.366 e. The van der Waals surface area contributed by atoms with Crippen LogP contribution in [0, 0.1) is 5.92 Å². The van der Waals surface area contributed by atoms with E-state index in [4.69, 9.17) is 4.74 Å². The van der Waals surface area contributed by atoms with Crippen molar-refractivity contribution in [3.63, 3.8) is 0 Å². The number of benzene rings is 1. The highest BCUT2D eigenvalue weighted by Gasteiger charge is 2.31. The van der Waals surface area contributed by atoms with Crippen molar-refractivity contribution in [2.24, 2.45) is 5.92 Å². The van der Waals surface area contributed by atoms with E-state index >= 15 is 0 Å². The van der Waals surface area contributed by atoms with Gasteiger partial charge in [0, 0.05) is 18.6 Å². The van der Waals surface area contributed by atoms with Gasteiger partial charge in [-0.25, -0.2) is 0 Å². The van der Waals surface area contributed by atoms with E-state index in [0.29, 0.717) is 19.1 Å². The minimum absolute atomic E-state index is 0.00714. The van der Waals surface area contributed by atoms with Crippen LogP contribution in [0.15, 0.2) is 24.3 Å². The Morgan fingerprint density at radius 2 is 2.00 bits per heavy atom. The first kappa shape index (κ1) is 15.5. The van der Waals surface area contributed by atoms with E-state index in [1.807, 2.05) is 0 Å². The number of hydrogen-bond donors (Lipinski definition) is 2. The molecule has 4 heteroatoms. The first-order chi connectivity index (χ1) is 10.5. The molecule has 0 saturated carbocycles. The summed E-state index contributed by atoms with van der Waals surface area (Å²) >= 11 is 0. The second-order valence-corrected chi connectivity index (χ2v) is 7.18. The molecule has 3 rings (SSSR count). The van der Waals surface area contributed by atoms with Gasteiger partial charge in [0.05, 0.1) is 6.61 Å². The average molecular weight is 302 g/mol. The highest BCUT2D eigenvalue weighted by Crippen LogP contribution is 2.31. The van der Waals surface area contributed by atoms with Crippen LogP contribution in [-0.4, -0.2) is 37.2 Å². The molecule has 4 nitrogen and oxygen atoms in total. The molecule has 1 atom stereocenters. The first-order valence-electron chi connectivity index (χ1n) is 8.25. The summed E-state index contributed by atoms with van der Waals surface area (Å²) in [5, 5.41) is 6.38. The summed E-state index contributed by atoms with van der Waals surface area (Å²) in [6.07, 6.45) is 2.88. The lowest BCUT2D eigenvalue weighted by Gasteiger charge is -2.32. The van der Waals surface area contributed by atoms with Crippen molar-refractivity contribution in [1.82, 2.24) is 10.6 Å². The van der Waals surface area contributed by atoms with E-state index < -0.39 is 0 Å². The maximum atomic E-state index is 12.3. The molecule has 1 aliphatic carbocycles. The fourth-order valence-electron chi connectivity index (χ4n) is 3.71. The number of morpholine rings is 1. The Labute approximate surface area is 132 Å². The quantitative estimate of drug-likeness (QED) is 0.889. The molecule has 1 heterocycles. The third-order valence-electron chi connectivity index (χ3n) is 4.62. The van der Waals surface area contributed by atoms with Gasteiger partial charge >= 0.3 is 0 Å². The number of carbonyl (C=O) groups excluding carboxylic acids is 1. The Morgan fingerprint density at radius 1 is 1.32 bits per heavy atom. The molecule has 0 aromatic heterocycles. The van der Waals surface area contributed by atoms with Crippen molar-refractivity contribution in [1.29, 1.82) is 0 Å². The lowest BCUT2D eigenvalue weighted by Crippen LogP contribution is -2.54. The second-order valence-electron chi connectivity index (χ2n) is 7.18. The van der Waals surface area contributed by atoms with E-state index in [0.717, 1.165) is 25.8 Å². The molecule has 1 aromatic rings. The Morgan fingerprint density at radius 3 is 2.59 bits per heavy atom. The molecule has 1 aliphatic heterocycles. The smallest absolute Gasteiger partial charge is 0.250 e. The van der Waals surface area contributed by atoms with E-state index in [2.05, 4.69) is 48.7 Å². The SMILES string of the molecule is CC(C)(CC1Cc2ccccc2C1)NC(=O)[C@H]1CNCCO1. The molecule has 1 aromatic carbocycles. The highest BCUT2D eigenvalue weighted by atomic mass is 16.5. The van der Waals surface area contributed by atoms with Crippen LogP contribution in [0.4, 0.5) is 0 Å². The predicted octanol–water partition coefficient (Wildman–Crippen LogP) is 1.67. The Bertz CT molecular complexity index is 511. The molecular weight excluding hydrogens is 276 g/mol. The fraction of sp³-hybridized carbons (Fsp3) is 0.611. The molecule has 120 valence electrons. The van der Waals surface area contributed by atoms with Crippen molar-refractivity contribution in [3.05, 3.63) is 35.4 Å². The zero-order chi connectivity index (χ0) is 15.6. The molecule has 0 unspecified atom stereocenters. The zero-order valence-corrected chi connectivity index (χ0v) is 13.5. The van der Waals surface area contributed by atoms with Gasteiger partial charge in [-0.05, 0) is 50.2 Å². The lowest BCUT2D eigenvalue weighted by atomic mass is 9.88. The number of rotatable bonds is 4. The van der Waals surface area contributed by atoms with E-state index in [-0.39, 0.29) is 17.6 Å². The van der Waals surface area contributed by atoms with Gasteiger partial charge in [-0.1, -0.05) is 24.3 Å². The normalized spacial score (nSPS) is 22.4. The molecule has 22 heavy (non-hydrogen) atoms. The van der Waals surface area contributed by atoms with Crippen LogP contribution in [0.2, 0.25) is 0 Å². The third-order valence-corrected chi connectivity index (χ3v) is 4.62. The molecule has 1 fully saturated rings. The van der Waals surface area contributed by atoms with Crippen molar-refractivity contribution in [3.8, 4) is 0 Å². The highest BCUT2D eigenvalue weighted by molar-refractivity contribution is 5.81. The van der Waals surface area contributed by atoms with Gasteiger partial charge in [0.25, 0.3) is 5.91 Å². The minimum atomic E-state index is -0.353. The maximum absolute atomic E-state index is 12.3.